The normalized spacial score (nSPS) is 11.0. The zero-order chi connectivity index (χ0) is 20.9. The molecule has 4 N–H and O–H groups in total. The maximum Gasteiger partial charge on any atom is 0.303 e. The second-order valence-corrected chi connectivity index (χ2v) is 7.12. The van der Waals surface area contributed by atoms with Crippen molar-refractivity contribution >= 4 is 5.97 Å². The van der Waals surface area contributed by atoms with E-state index in [2.05, 4.69) is 0 Å². The summed E-state index contributed by atoms with van der Waals surface area (Å²) in [4.78, 5) is 10.6. The molecule has 0 heterocycles. The van der Waals surface area contributed by atoms with Crippen LogP contribution in [0.15, 0.2) is 12.1 Å². The summed E-state index contributed by atoms with van der Waals surface area (Å²) < 4.78 is 9.75. The van der Waals surface area contributed by atoms with E-state index in [1.807, 2.05) is 39.8 Å². The largest absolute Gasteiger partial charge is 0.507 e. The Labute approximate surface area is 161 Å². The Kier molecular flexibility index (Phi) is 12.7. The Morgan fingerprint density at radius 3 is 1.93 bits per heavy atom. The average Bonchev–Trinajstić information content (AvgIpc) is 2.58. The van der Waals surface area contributed by atoms with Crippen molar-refractivity contribution in [2.24, 2.45) is 0 Å². The first-order valence-corrected chi connectivity index (χ1v) is 9.05. The number of aryl methyl sites for hydroxylation is 2. The third kappa shape index (κ3) is 11.6. The molecule has 0 amide bonds. The highest BCUT2D eigenvalue weighted by atomic mass is 16.5. The highest BCUT2D eigenvalue weighted by Gasteiger charge is 2.20. The molecule has 7 nitrogen and oxygen atoms in total. The van der Waals surface area contributed by atoms with Crippen molar-refractivity contribution < 1.29 is 34.7 Å². The molecule has 0 unspecified atom stereocenters. The summed E-state index contributed by atoms with van der Waals surface area (Å²) in [7, 11) is 0. The number of aliphatic carboxylic acids is 1. The van der Waals surface area contributed by atoms with E-state index >= 15 is 0 Å². The molecule has 156 valence electrons. The van der Waals surface area contributed by atoms with Gasteiger partial charge in [0.15, 0.2) is 0 Å². The van der Waals surface area contributed by atoms with Crippen molar-refractivity contribution in [2.45, 2.75) is 46.0 Å². The van der Waals surface area contributed by atoms with Crippen molar-refractivity contribution in [3.63, 3.8) is 0 Å². The van der Waals surface area contributed by atoms with E-state index < -0.39 is 5.97 Å². The quantitative estimate of drug-likeness (QED) is 0.455. The number of carboxylic acids is 1. The van der Waals surface area contributed by atoms with Gasteiger partial charge in [-0.1, -0.05) is 32.9 Å². The lowest BCUT2D eigenvalue weighted by molar-refractivity contribution is -0.136. The molecule has 0 fully saturated rings. The first-order valence-electron chi connectivity index (χ1n) is 9.05. The molecular weight excluding hydrogens is 352 g/mol. The number of ether oxygens (including phenoxy) is 2. The van der Waals surface area contributed by atoms with Gasteiger partial charge in [0.2, 0.25) is 0 Å². The second-order valence-electron chi connectivity index (χ2n) is 7.12. The molecule has 0 atom stereocenters. The van der Waals surface area contributed by atoms with E-state index in [9.17, 15) is 9.90 Å². The number of rotatable bonds is 10. The molecule has 0 bridgehead atoms. The molecule has 1 rings (SSSR count). The summed E-state index contributed by atoms with van der Waals surface area (Å²) in [6, 6.07) is 3.76. The van der Waals surface area contributed by atoms with Gasteiger partial charge >= 0.3 is 5.97 Å². The molecule has 0 saturated carbocycles. The van der Waals surface area contributed by atoms with Crippen molar-refractivity contribution in [3.05, 3.63) is 28.8 Å². The molecule has 0 aliphatic heterocycles. The Balaban J connectivity index is 0.000000580. The molecule has 0 aliphatic carbocycles. The molecule has 27 heavy (non-hydrogen) atoms. The standard InChI is InChI=1S/C14H20O3.C6H14O4/c1-9-7-10(5-6-12(15)16)8-11(13(9)17)14(2,3)4;7-1-3-9-5-6-10-4-2-8/h7-8,17H,5-6H2,1-4H3,(H,15,16);7-8H,1-6H2. The summed E-state index contributed by atoms with van der Waals surface area (Å²) in [6.07, 6.45) is 0.618. The van der Waals surface area contributed by atoms with Gasteiger partial charge in [-0.3, -0.25) is 4.79 Å². The fraction of sp³-hybridized carbons (Fsp3) is 0.650. The molecule has 1 aromatic rings. The zero-order valence-corrected chi connectivity index (χ0v) is 16.8. The van der Waals surface area contributed by atoms with E-state index in [1.165, 1.54) is 0 Å². The first kappa shape index (κ1) is 25.3. The first-order chi connectivity index (χ1) is 12.6. The van der Waals surface area contributed by atoms with Crippen LogP contribution in [0.2, 0.25) is 0 Å². The Hall–Kier alpha value is -1.67. The predicted molar refractivity (Wildman–Crippen MR) is 103 cm³/mol. The highest BCUT2D eigenvalue weighted by Crippen LogP contribution is 2.34. The molecular formula is C20H34O7. The maximum atomic E-state index is 10.6. The number of hydrogen-bond donors (Lipinski definition) is 4. The minimum Gasteiger partial charge on any atom is -0.507 e. The average molecular weight is 386 g/mol. The fourth-order valence-corrected chi connectivity index (χ4v) is 2.27. The van der Waals surface area contributed by atoms with Gasteiger partial charge < -0.3 is 29.9 Å². The van der Waals surface area contributed by atoms with E-state index in [1.54, 1.807) is 0 Å². The summed E-state index contributed by atoms with van der Waals surface area (Å²) in [6.45, 7) is 9.66. The van der Waals surface area contributed by atoms with Gasteiger partial charge in [0.05, 0.1) is 39.6 Å². The SMILES string of the molecule is Cc1cc(CCC(=O)O)cc(C(C)(C)C)c1O.OCCOCCOCCO. The van der Waals surface area contributed by atoms with E-state index in [0.717, 1.165) is 16.7 Å². The van der Waals surface area contributed by atoms with Gasteiger partial charge in [0.25, 0.3) is 0 Å². The van der Waals surface area contributed by atoms with Crippen molar-refractivity contribution in [1.82, 2.24) is 0 Å². The zero-order valence-electron chi connectivity index (χ0n) is 16.8. The number of hydrogen-bond acceptors (Lipinski definition) is 6. The summed E-state index contributed by atoms with van der Waals surface area (Å²) >= 11 is 0. The maximum absolute atomic E-state index is 10.6. The van der Waals surface area contributed by atoms with Crippen LogP contribution >= 0.6 is 0 Å². The smallest absolute Gasteiger partial charge is 0.303 e. The van der Waals surface area contributed by atoms with Crippen LogP contribution < -0.4 is 0 Å². The van der Waals surface area contributed by atoms with E-state index in [-0.39, 0.29) is 25.0 Å². The minimum absolute atomic E-state index is 0.0417. The number of aliphatic hydroxyl groups is 2. The van der Waals surface area contributed by atoms with Gasteiger partial charge in [0, 0.05) is 6.42 Å². The van der Waals surface area contributed by atoms with Crippen LogP contribution in [0.4, 0.5) is 0 Å². The third-order valence-electron chi connectivity index (χ3n) is 3.64. The number of phenols is 1. The van der Waals surface area contributed by atoms with Crippen molar-refractivity contribution in [3.8, 4) is 5.75 Å². The summed E-state index contributed by atoms with van der Waals surface area (Å²) in [5, 5.41) is 35.2. The van der Waals surface area contributed by atoms with Gasteiger partial charge in [-0.25, -0.2) is 0 Å². The van der Waals surface area contributed by atoms with Crippen LogP contribution in [0.5, 0.6) is 5.75 Å². The van der Waals surface area contributed by atoms with Gasteiger partial charge in [-0.05, 0) is 35.4 Å². The number of aliphatic hydroxyl groups excluding tert-OH is 2. The lowest BCUT2D eigenvalue weighted by Crippen LogP contribution is -2.12. The monoisotopic (exact) mass is 386 g/mol. The van der Waals surface area contributed by atoms with E-state index in [0.29, 0.717) is 38.6 Å². The molecule has 0 aromatic heterocycles. The third-order valence-corrected chi connectivity index (χ3v) is 3.64. The molecule has 0 aliphatic rings. The fourth-order valence-electron chi connectivity index (χ4n) is 2.27. The number of benzene rings is 1. The number of carboxylic acid groups (broad SMARTS) is 1. The van der Waals surface area contributed by atoms with Crippen LogP contribution in [-0.2, 0) is 26.1 Å². The van der Waals surface area contributed by atoms with Gasteiger partial charge in [0.1, 0.15) is 5.75 Å². The molecule has 0 saturated heterocycles. The van der Waals surface area contributed by atoms with Crippen molar-refractivity contribution in [2.75, 3.05) is 39.6 Å². The highest BCUT2D eigenvalue weighted by molar-refractivity contribution is 5.67. The lowest BCUT2D eigenvalue weighted by atomic mass is 9.83. The Bertz CT molecular complexity index is 542. The molecule has 0 spiro atoms. The molecule has 7 heteroatoms. The summed E-state index contributed by atoms with van der Waals surface area (Å²) in [5.41, 5.74) is 2.50. The van der Waals surface area contributed by atoms with Crippen LogP contribution in [0.1, 0.15) is 43.9 Å². The number of aromatic hydroxyl groups is 1. The van der Waals surface area contributed by atoms with Gasteiger partial charge in [-0.2, -0.15) is 0 Å². The van der Waals surface area contributed by atoms with Crippen molar-refractivity contribution in [1.29, 1.82) is 0 Å². The Morgan fingerprint density at radius 1 is 1.00 bits per heavy atom. The van der Waals surface area contributed by atoms with Crippen LogP contribution in [0, 0.1) is 6.92 Å². The predicted octanol–water partition coefficient (Wildman–Crippen LogP) is 2.02. The lowest BCUT2D eigenvalue weighted by Gasteiger charge is -2.22. The Morgan fingerprint density at radius 2 is 1.52 bits per heavy atom. The van der Waals surface area contributed by atoms with Gasteiger partial charge in [-0.15, -0.1) is 0 Å². The molecule has 1 aromatic carbocycles. The van der Waals surface area contributed by atoms with Crippen LogP contribution in [0.25, 0.3) is 0 Å². The minimum atomic E-state index is -0.798. The summed E-state index contributed by atoms with van der Waals surface area (Å²) in [5.74, 6) is -0.482. The topological polar surface area (TPSA) is 116 Å². The molecule has 0 radical (unpaired) electrons. The van der Waals surface area contributed by atoms with Crippen LogP contribution in [-0.4, -0.2) is 66.0 Å². The number of phenolic OH excluding ortho intramolecular Hbond substituents is 1. The second kappa shape index (κ2) is 13.5. The van der Waals surface area contributed by atoms with Crippen LogP contribution in [0.3, 0.4) is 0 Å². The number of carbonyl (C=O) groups is 1. The van der Waals surface area contributed by atoms with E-state index in [4.69, 9.17) is 24.8 Å².